The van der Waals surface area contributed by atoms with Crippen molar-refractivity contribution in [1.29, 1.82) is 0 Å². The van der Waals surface area contributed by atoms with Gasteiger partial charge in [0.25, 0.3) is 0 Å². The number of rotatable bonds is 3. The Morgan fingerprint density at radius 2 is 1.84 bits per heavy atom. The summed E-state index contributed by atoms with van der Waals surface area (Å²) in [5, 5.41) is 5.06. The lowest BCUT2D eigenvalue weighted by atomic mass is 10.1. The molecule has 0 spiro atoms. The number of hydrogen-bond donors (Lipinski definition) is 0. The highest BCUT2D eigenvalue weighted by Crippen LogP contribution is 2.35. The first kappa shape index (κ1) is 11.9. The number of ether oxygens (including phenoxy) is 2. The van der Waals surface area contributed by atoms with Gasteiger partial charge in [0, 0.05) is 22.4 Å². The second-order valence-corrected chi connectivity index (χ2v) is 4.74. The van der Waals surface area contributed by atoms with E-state index >= 15 is 0 Å². The molecule has 0 saturated heterocycles. The highest BCUT2D eigenvalue weighted by atomic mass is 32.1. The molecule has 0 aliphatic rings. The second kappa shape index (κ2) is 4.85. The van der Waals surface area contributed by atoms with Crippen LogP contribution in [0.1, 0.15) is 0 Å². The Balaban J connectivity index is 2.30. The number of benzene rings is 1. The Labute approximate surface area is 114 Å². The zero-order valence-corrected chi connectivity index (χ0v) is 11.4. The van der Waals surface area contributed by atoms with E-state index in [0.717, 1.165) is 22.2 Å². The van der Waals surface area contributed by atoms with Crippen LogP contribution in [-0.2, 0) is 0 Å². The van der Waals surface area contributed by atoms with Gasteiger partial charge >= 0.3 is 0 Å². The average Bonchev–Trinajstić information content (AvgIpc) is 2.99. The fourth-order valence-electron chi connectivity index (χ4n) is 2.01. The van der Waals surface area contributed by atoms with E-state index in [4.69, 9.17) is 9.47 Å². The van der Waals surface area contributed by atoms with Crippen molar-refractivity contribution in [2.75, 3.05) is 14.2 Å². The normalized spacial score (nSPS) is 10.6. The topological polar surface area (TPSA) is 44.2 Å². The monoisotopic (exact) mass is 272 g/mol. The van der Waals surface area contributed by atoms with Crippen molar-refractivity contribution in [2.24, 2.45) is 0 Å². The number of nitrogens with zero attached hydrogens (tertiary/aromatic N) is 2. The summed E-state index contributed by atoms with van der Waals surface area (Å²) in [6.45, 7) is 0. The van der Waals surface area contributed by atoms with Crippen molar-refractivity contribution in [1.82, 2.24) is 9.97 Å². The van der Waals surface area contributed by atoms with Gasteiger partial charge in [-0.2, -0.15) is 11.3 Å². The summed E-state index contributed by atoms with van der Waals surface area (Å²) in [5.41, 5.74) is 2.84. The van der Waals surface area contributed by atoms with Crippen molar-refractivity contribution in [2.45, 2.75) is 0 Å². The van der Waals surface area contributed by atoms with Gasteiger partial charge in [-0.15, -0.1) is 0 Å². The van der Waals surface area contributed by atoms with E-state index in [9.17, 15) is 0 Å². The van der Waals surface area contributed by atoms with E-state index in [-0.39, 0.29) is 0 Å². The van der Waals surface area contributed by atoms with Gasteiger partial charge in [-0.05, 0) is 17.5 Å². The first-order valence-corrected chi connectivity index (χ1v) is 6.67. The highest BCUT2D eigenvalue weighted by Gasteiger charge is 2.12. The molecule has 0 aliphatic carbocycles. The van der Waals surface area contributed by atoms with Crippen molar-refractivity contribution < 1.29 is 9.47 Å². The summed E-state index contributed by atoms with van der Waals surface area (Å²) in [4.78, 5) is 8.67. The summed E-state index contributed by atoms with van der Waals surface area (Å²) >= 11 is 1.64. The van der Waals surface area contributed by atoms with Crippen molar-refractivity contribution >= 4 is 22.2 Å². The van der Waals surface area contributed by atoms with Crippen LogP contribution in [-0.4, -0.2) is 24.2 Å². The highest BCUT2D eigenvalue weighted by molar-refractivity contribution is 7.08. The number of hydrogen-bond acceptors (Lipinski definition) is 5. The molecule has 0 N–H and O–H groups in total. The predicted octanol–water partition coefficient (Wildman–Crippen LogP) is 3.38. The molecule has 0 saturated carbocycles. The molecule has 5 heteroatoms. The minimum atomic E-state index is 0.671. The smallest absolute Gasteiger partial charge is 0.162 e. The van der Waals surface area contributed by atoms with Crippen LogP contribution >= 0.6 is 11.3 Å². The van der Waals surface area contributed by atoms with Gasteiger partial charge in [0.2, 0.25) is 0 Å². The molecular formula is C14H12N2O2S. The third-order valence-electron chi connectivity index (χ3n) is 2.94. The number of aromatic nitrogens is 2. The first-order chi connectivity index (χ1) is 9.33. The average molecular weight is 272 g/mol. The van der Waals surface area contributed by atoms with E-state index in [1.807, 2.05) is 23.6 Å². The SMILES string of the molecule is COc1cc2ncnc(-c3ccsc3)c2cc1OC. The van der Waals surface area contributed by atoms with Crippen LogP contribution in [0.2, 0.25) is 0 Å². The van der Waals surface area contributed by atoms with Crippen LogP contribution < -0.4 is 9.47 Å². The molecule has 1 aromatic carbocycles. The quantitative estimate of drug-likeness (QED) is 0.733. The Hall–Kier alpha value is -2.14. The molecule has 0 atom stereocenters. The molecule has 0 unspecified atom stereocenters. The molecule has 0 fully saturated rings. The zero-order chi connectivity index (χ0) is 13.2. The molecule has 2 heterocycles. The maximum Gasteiger partial charge on any atom is 0.162 e. The fourth-order valence-corrected chi connectivity index (χ4v) is 2.65. The third kappa shape index (κ3) is 2.02. The van der Waals surface area contributed by atoms with Crippen LogP contribution in [0.5, 0.6) is 11.5 Å². The molecule has 0 bridgehead atoms. The van der Waals surface area contributed by atoms with Crippen LogP contribution in [0.3, 0.4) is 0 Å². The molecule has 2 aromatic heterocycles. The Morgan fingerprint density at radius 3 is 2.53 bits per heavy atom. The van der Waals surface area contributed by atoms with Gasteiger partial charge < -0.3 is 9.47 Å². The lowest BCUT2D eigenvalue weighted by molar-refractivity contribution is 0.356. The van der Waals surface area contributed by atoms with Crippen molar-refractivity contribution in [3.05, 3.63) is 35.3 Å². The Morgan fingerprint density at radius 1 is 1.05 bits per heavy atom. The zero-order valence-electron chi connectivity index (χ0n) is 10.6. The van der Waals surface area contributed by atoms with Crippen LogP contribution in [0.15, 0.2) is 35.3 Å². The molecule has 0 radical (unpaired) electrons. The molecule has 4 nitrogen and oxygen atoms in total. The summed E-state index contributed by atoms with van der Waals surface area (Å²) in [6, 6.07) is 5.83. The maximum absolute atomic E-state index is 5.34. The van der Waals surface area contributed by atoms with Gasteiger partial charge in [0.15, 0.2) is 11.5 Å². The molecular weight excluding hydrogens is 260 g/mol. The van der Waals surface area contributed by atoms with Gasteiger partial charge in [-0.25, -0.2) is 9.97 Å². The van der Waals surface area contributed by atoms with E-state index in [1.54, 1.807) is 31.9 Å². The van der Waals surface area contributed by atoms with Crippen LogP contribution in [0, 0.1) is 0 Å². The van der Waals surface area contributed by atoms with Crippen LogP contribution in [0.25, 0.3) is 22.2 Å². The molecule has 0 amide bonds. The van der Waals surface area contributed by atoms with Crippen molar-refractivity contribution in [3.63, 3.8) is 0 Å². The second-order valence-electron chi connectivity index (χ2n) is 3.96. The van der Waals surface area contributed by atoms with Gasteiger partial charge in [-0.3, -0.25) is 0 Å². The minimum Gasteiger partial charge on any atom is -0.493 e. The molecule has 19 heavy (non-hydrogen) atoms. The van der Waals surface area contributed by atoms with Gasteiger partial charge in [0.05, 0.1) is 25.4 Å². The lowest BCUT2D eigenvalue weighted by Crippen LogP contribution is -1.93. The van der Waals surface area contributed by atoms with E-state index in [2.05, 4.69) is 15.3 Å². The summed E-state index contributed by atoms with van der Waals surface area (Å²) in [5.74, 6) is 1.35. The minimum absolute atomic E-state index is 0.671. The van der Waals surface area contributed by atoms with Crippen molar-refractivity contribution in [3.8, 4) is 22.8 Å². The maximum atomic E-state index is 5.34. The summed E-state index contributed by atoms with van der Waals surface area (Å²) < 4.78 is 10.6. The Kier molecular flexibility index (Phi) is 3.05. The number of methoxy groups -OCH3 is 2. The number of thiophene rings is 1. The van der Waals surface area contributed by atoms with E-state index in [0.29, 0.717) is 11.5 Å². The first-order valence-electron chi connectivity index (χ1n) is 5.73. The molecule has 3 rings (SSSR count). The van der Waals surface area contributed by atoms with E-state index < -0.39 is 0 Å². The summed E-state index contributed by atoms with van der Waals surface area (Å²) in [7, 11) is 3.24. The fraction of sp³-hybridized carbons (Fsp3) is 0.143. The molecule has 0 aliphatic heterocycles. The van der Waals surface area contributed by atoms with Crippen LogP contribution in [0.4, 0.5) is 0 Å². The van der Waals surface area contributed by atoms with Gasteiger partial charge in [0.1, 0.15) is 6.33 Å². The third-order valence-corrected chi connectivity index (χ3v) is 3.62. The molecule has 3 aromatic rings. The lowest BCUT2D eigenvalue weighted by Gasteiger charge is -2.10. The Bertz CT molecular complexity index is 711. The van der Waals surface area contributed by atoms with E-state index in [1.165, 1.54) is 0 Å². The predicted molar refractivity (Wildman–Crippen MR) is 76.0 cm³/mol. The largest absolute Gasteiger partial charge is 0.493 e. The molecule has 96 valence electrons. The summed E-state index contributed by atoms with van der Waals surface area (Å²) in [6.07, 6.45) is 1.57. The number of fused-ring (bicyclic) bond motifs is 1. The standard InChI is InChI=1S/C14H12N2O2S/c1-17-12-5-10-11(6-13(12)18-2)15-8-16-14(10)9-3-4-19-7-9/h3-8H,1-2H3. The van der Waals surface area contributed by atoms with Gasteiger partial charge in [-0.1, -0.05) is 0 Å².